The summed E-state index contributed by atoms with van der Waals surface area (Å²) < 4.78 is 24.0. The predicted molar refractivity (Wildman–Crippen MR) is 16.3 cm³/mol. The highest BCUT2D eigenvalue weighted by molar-refractivity contribution is 7.81. The molecule has 44 valence electrons. The molecule has 0 fully saturated rings. The van der Waals surface area contributed by atoms with E-state index in [9.17, 15) is 8.42 Å². The van der Waals surface area contributed by atoms with E-state index in [-0.39, 0.29) is 0 Å². The molecule has 0 rings (SSSR count). The molecule has 7 heteroatoms. The van der Waals surface area contributed by atoms with Gasteiger partial charge in [-0.05, 0) is 0 Å². The highest BCUT2D eigenvalue weighted by Crippen LogP contribution is 1.85. The highest BCUT2D eigenvalue weighted by atomic mass is 32.3. The third-order valence-corrected chi connectivity index (χ3v) is 0.548. The Labute approximate surface area is 39.1 Å². The van der Waals surface area contributed by atoms with E-state index >= 15 is 0 Å². The fourth-order valence-electron chi connectivity index (χ4n) is 0.0136. The first-order valence-electron chi connectivity index (χ1n) is 1.03. The van der Waals surface area contributed by atoms with Crippen molar-refractivity contribution in [1.29, 1.82) is 0 Å². The first-order valence-corrected chi connectivity index (χ1v) is 2.37. The molecule has 0 aliphatic heterocycles. The van der Waals surface area contributed by atoms with Crippen LogP contribution in [0.15, 0.2) is 0 Å². The van der Waals surface area contributed by atoms with Crippen molar-refractivity contribution in [2.75, 3.05) is 0 Å². The zero-order valence-electron chi connectivity index (χ0n) is 2.94. The Kier molecular flexibility index (Phi) is 2.12. The topological polar surface area (TPSA) is 93.1 Å². The van der Waals surface area contributed by atoms with Crippen LogP contribution in [0.2, 0.25) is 0 Å². The summed E-state index contributed by atoms with van der Waals surface area (Å²) in [6, 6.07) is 0. The van der Waals surface area contributed by atoms with Crippen LogP contribution in [-0.4, -0.2) is 18.9 Å². The van der Waals surface area contributed by atoms with Crippen molar-refractivity contribution in [3.8, 4) is 0 Å². The van der Waals surface area contributed by atoms with Gasteiger partial charge in [-0.2, -0.15) is 8.42 Å². The summed E-state index contributed by atoms with van der Waals surface area (Å²) in [6.07, 6.45) is 0. The van der Waals surface area contributed by atoms with Crippen LogP contribution in [-0.2, 0) is 19.1 Å². The Morgan fingerprint density at radius 2 is 1.43 bits per heavy atom. The Bertz CT molecular complexity index is 107. The summed E-state index contributed by atoms with van der Waals surface area (Å²) in [4.78, 5) is 0. The minimum atomic E-state index is -4.55. The van der Waals surface area contributed by atoms with Crippen LogP contribution < -0.4 is 0 Å². The first kappa shape index (κ1) is 6.79. The fraction of sp³-hybridized carbons (Fsp3) is 0. The van der Waals surface area contributed by atoms with Gasteiger partial charge in [0.05, 0.1) is 0 Å². The van der Waals surface area contributed by atoms with Crippen molar-refractivity contribution >= 4 is 10.4 Å². The molecule has 2 N–H and O–H groups in total. The average molecular weight is 130 g/mol. The summed E-state index contributed by atoms with van der Waals surface area (Å²) in [5, 5.41) is 14.4. The largest absolute Gasteiger partial charge is 0.452 e. The summed E-state index contributed by atoms with van der Waals surface area (Å²) in [6.45, 7) is 0. The summed E-state index contributed by atoms with van der Waals surface area (Å²) in [5.74, 6) is 0. The van der Waals surface area contributed by atoms with Gasteiger partial charge in [0.1, 0.15) is 0 Å². The van der Waals surface area contributed by atoms with Gasteiger partial charge in [0.2, 0.25) is 0 Å². The van der Waals surface area contributed by atoms with Crippen LogP contribution in [0.4, 0.5) is 0 Å². The van der Waals surface area contributed by atoms with Gasteiger partial charge in [-0.1, -0.05) is 8.67 Å². The van der Waals surface area contributed by atoms with Crippen molar-refractivity contribution in [2.45, 2.75) is 0 Å². The number of rotatable bonds is 2. The van der Waals surface area contributed by atoms with E-state index in [2.05, 4.69) is 8.67 Å². The van der Waals surface area contributed by atoms with Crippen LogP contribution >= 0.6 is 0 Å². The molecule has 0 aromatic heterocycles. The monoisotopic (exact) mass is 130 g/mol. The van der Waals surface area contributed by atoms with Crippen LogP contribution in [0.5, 0.6) is 0 Å². The molecule has 6 nitrogen and oxygen atoms in total. The van der Waals surface area contributed by atoms with Gasteiger partial charge in [0.15, 0.2) is 0 Å². The van der Waals surface area contributed by atoms with Gasteiger partial charge >= 0.3 is 10.4 Å². The van der Waals surface area contributed by atoms with Crippen LogP contribution in [0.3, 0.4) is 0 Å². The highest BCUT2D eigenvalue weighted by Gasteiger charge is 2.07. The van der Waals surface area contributed by atoms with Gasteiger partial charge in [-0.25, -0.2) is 10.5 Å². The molecule has 0 heterocycles. The molecule has 7 heavy (non-hydrogen) atoms. The fourth-order valence-corrected chi connectivity index (χ4v) is 0.0408. The Balaban J connectivity index is 3.89. The van der Waals surface area contributed by atoms with E-state index in [1.807, 2.05) is 0 Å². The van der Waals surface area contributed by atoms with Crippen LogP contribution in [0.25, 0.3) is 0 Å². The molecule has 0 spiro atoms. The molecule has 0 radical (unpaired) electrons. The molecule has 0 aliphatic rings. The molecule has 0 saturated heterocycles. The second-order valence-electron chi connectivity index (χ2n) is 0.557. The molecular formula is H2O6S. The van der Waals surface area contributed by atoms with Crippen LogP contribution in [0.1, 0.15) is 0 Å². The Morgan fingerprint density at radius 1 is 1.14 bits per heavy atom. The third kappa shape index (κ3) is 2.48. The van der Waals surface area contributed by atoms with E-state index in [0.29, 0.717) is 0 Å². The first-order chi connectivity index (χ1) is 3.12. The smallest absolute Gasteiger partial charge is 0.233 e. The van der Waals surface area contributed by atoms with Crippen molar-refractivity contribution in [3.63, 3.8) is 0 Å². The molecule has 0 aromatic rings. The van der Waals surface area contributed by atoms with E-state index in [1.165, 1.54) is 0 Å². The molecule has 0 bridgehead atoms. The van der Waals surface area contributed by atoms with E-state index in [1.54, 1.807) is 0 Å². The Hall–Kier alpha value is -0.210. The number of hydrogen-bond acceptors (Lipinski definition) is 6. The second-order valence-corrected chi connectivity index (χ2v) is 1.67. The molecular weight excluding hydrogens is 128 g/mol. The maximum atomic E-state index is 9.42. The van der Waals surface area contributed by atoms with Gasteiger partial charge in [0, 0.05) is 0 Å². The van der Waals surface area contributed by atoms with Crippen molar-refractivity contribution in [1.82, 2.24) is 0 Å². The van der Waals surface area contributed by atoms with E-state index < -0.39 is 10.4 Å². The molecule has 0 aromatic carbocycles. The van der Waals surface area contributed by atoms with Gasteiger partial charge in [0.25, 0.3) is 0 Å². The minimum absolute atomic E-state index is 2.59. The molecule has 0 unspecified atom stereocenters. The van der Waals surface area contributed by atoms with E-state index in [0.717, 1.165) is 0 Å². The standard InChI is InChI=1S/H2O6S/c1-5-7(3,4)6-2/h1-2H. The van der Waals surface area contributed by atoms with Gasteiger partial charge in [-0.15, -0.1) is 0 Å². The Morgan fingerprint density at radius 3 is 1.43 bits per heavy atom. The zero-order valence-corrected chi connectivity index (χ0v) is 3.75. The predicted octanol–water partition coefficient (Wildman–Crippen LogP) is -0.790. The number of hydrogen-bond donors (Lipinski definition) is 2. The van der Waals surface area contributed by atoms with Crippen molar-refractivity contribution in [2.24, 2.45) is 0 Å². The quantitative estimate of drug-likeness (QED) is 0.376. The second kappa shape index (κ2) is 2.19. The van der Waals surface area contributed by atoms with Crippen LogP contribution in [0, 0.1) is 0 Å². The zero-order chi connectivity index (χ0) is 5.91. The lowest BCUT2D eigenvalue weighted by Gasteiger charge is -1.86. The van der Waals surface area contributed by atoms with Gasteiger partial charge < -0.3 is 0 Å². The molecule has 0 saturated carbocycles. The van der Waals surface area contributed by atoms with Crippen molar-refractivity contribution in [3.05, 3.63) is 0 Å². The SMILES string of the molecule is O=S(=O)(OO)OO. The molecule has 0 amide bonds. The minimum Gasteiger partial charge on any atom is -0.233 e. The van der Waals surface area contributed by atoms with Crippen molar-refractivity contribution < 1.29 is 27.6 Å². The summed E-state index contributed by atoms with van der Waals surface area (Å²) in [7, 11) is -4.55. The van der Waals surface area contributed by atoms with E-state index in [4.69, 9.17) is 10.5 Å². The van der Waals surface area contributed by atoms with Gasteiger partial charge in [-0.3, -0.25) is 0 Å². The molecule has 0 aliphatic carbocycles. The summed E-state index contributed by atoms with van der Waals surface area (Å²) >= 11 is 0. The normalized spacial score (nSPS) is 11.7. The average Bonchev–Trinajstić information content (AvgIpc) is 1.68. The molecule has 0 atom stereocenters. The lowest BCUT2D eigenvalue weighted by atomic mass is 14.9. The summed E-state index contributed by atoms with van der Waals surface area (Å²) in [5.41, 5.74) is 0. The lowest BCUT2D eigenvalue weighted by molar-refractivity contribution is -0.198. The maximum absolute atomic E-state index is 9.42. The lowest BCUT2D eigenvalue weighted by Crippen LogP contribution is -2.03. The third-order valence-electron chi connectivity index (χ3n) is 0.183. The maximum Gasteiger partial charge on any atom is 0.452 e.